The van der Waals surface area contributed by atoms with Crippen LogP contribution in [0.2, 0.25) is 0 Å². The van der Waals surface area contributed by atoms with Crippen LogP contribution in [0.1, 0.15) is 32.6 Å². The smallest absolute Gasteiger partial charge is 0.258 e. The van der Waals surface area contributed by atoms with Crippen molar-refractivity contribution < 1.29 is 19.4 Å². The number of hydrogen-bond acceptors (Lipinski definition) is 4. The standard InChI is InChI=1S/C16H23NO4/c1-2-20-13-7-3-4-8-14(13)21-11-15(18)17-12-16(19)9-5-6-10-16/h3-4,7-8,19H,2,5-6,9-12H2,1H3,(H,17,18). The average Bonchev–Trinajstić information content (AvgIpc) is 2.92. The van der Waals surface area contributed by atoms with Gasteiger partial charge in [-0.3, -0.25) is 4.79 Å². The molecule has 0 aliphatic heterocycles. The zero-order valence-electron chi connectivity index (χ0n) is 12.4. The summed E-state index contributed by atoms with van der Waals surface area (Å²) in [6.07, 6.45) is 3.54. The third-order valence-corrected chi connectivity index (χ3v) is 3.66. The van der Waals surface area contributed by atoms with E-state index in [1.165, 1.54) is 0 Å². The van der Waals surface area contributed by atoms with Crippen LogP contribution in [-0.2, 0) is 4.79 Å². The van der Waals surface area contributed by atoms with Gasteiger partial charge in [-0.1, -0.05) is 25.0 Å². The molecular formula is C16H23NO4. The molecule has 1 aromatic rings. The lowest BCUT2D eigenvalue weighted by molar-refractivity contribution is -0.124. The lowest BCUT2D eigenvalue weighted by Crippen LogP contribution is -2.42. The largest absolute Gasteiger partial charge is 0.490 e. The monoisotopic (exact) mass is 293 g/mol. The molecule has 5 heteroatoms. The SMILES string of the molecule is CCOc1ccccc1OCC(=O)NCC1(O)CCCC1. The second-order valence-electron chi connectivity index (χ2n) is 5.38. The molecule has 1 aliphatic carbocycles. The summed E-state index contributed by atoms with van der Waals surface area (Å²) in [5, 5.41) is 12.9. The highest BCUT2D eigenvalue weighted by Crippen LogP contribution is 2.28. The van der Waals surface area contributed by atoms with Crippen molar-refractivity contribution in [1.29, 1.82) is 0 Å². The number of para-hydroxylation sites is 2. The second kappa shape index (κ2) is 7.31. The van der Waals surface area contributed by atoms with Crippen molar-refractivity contribution in [2.75, 3.05) is 19.8 Å². The molecule has 116 valence electrons. The fourth-order valence-electron chi connectivity index (χ4n) is 2.51. The fraction of sp³-hybridized carbons (Fsp3) is 0.562. The molecule has 1 aliphatic rings. The molecule has 1 amide bonds. The minimum Gasteiger partial charge on any atom is -0.490 e. The summed E-state index contributed by atoms with van der Waals surface area (Å²) in [5.41, 5.74) is -0.737. The van der Waals surface area contributed by atoms with E-state index in [1.54, 1.807) is 12.1 Å². The van der Waals surface area contributed by atoms with Crippen LogP contribution in [-0.4, -0.2) is 36.4 Å². The first-order valence-corrected chi connectivity index (χ1v) is 7.47. The number of aliphatic hydroxyl groups is 1. The van der Waals surface area contributed by atoms with Crippen LogP contribution in [0.4, 0.5) is 0 Å². The number of amides is 1. The number of carbonyl (C=O) groups is 1. The van der Waals surface area contributed by atoms with Gasteiger partial charge in [0, 0.05) is 6.54 Å². The molecule has 0 radical (unpaired) electrons. The van der Waals surface area contributed by atoms with Gasteiger partial charge in [-0.15, -0.1) is 0 Å². The van der Waals surface area contributed by atoms with Crippen LogP contribution in [0.5, 0.6) is 11.5 Å². The number of benzene rings is 1. The minimum atomic E-state index is -0.737. The molecule has 2 rings (SSSR count). The molecule has 0 unspecified atom stereocenters. The maximum absolute atomic E-state index is 11.8. The van der Waals surface area contributed by atoms with Gasteiger partial charge in [0.2, 0.25) is 0 Å². The van der Waals surface area contributed by atoms with Crippen molar-refractivity contribution in [3.05, 3.63) is 24.3 Å². The summed E-state index contributed by atoms with van der Waals surface area (Å²) in [6.45, 7) is 2.65. The summed E-state index contributed by atoms with van der Waals surface area (Å²) in [7, 11) is 0. The van der Waals surface area contributed by atoms with Gasteiger partial charge in [-0.2, -0.15) is 0 Å². The highest BCUT2D eigenvalue weighted by atomic mass is 16.5. The highest BCUT2D eigenvalue weighted by molar-refractivity contribution is 5.77. The molecule has 0 atom stereocenters. The first-order valence-electron chi connectivity index (χ1n) is 7.47. The van der Waals surface area contributed by atoms with Crippen LogP contribution in [0.25, 0.3) is 0 Å². The topological polar surface area (TPSA) is 67.8 Å². The normalized spacial score (nSPS) is 16.5. The second-order valence-corrected chi connectivity index (χ2v) is 5.38. The van der Waals surface area contributed by atoms with Crippen LogP contribution in [0.3, 0.4) is 0 Å². The van der Waals surface area contributed by atoms with Gasteiger partial charge in [0.1, 0.15) is 0 Å². The number of hydrogen-bond donors (Lipinski definition) is 2. The molecule has 0 spiro atoms. The average molecular weight is 293 g/mol. The summed E-state index contributed by atoms with van der Waals surface area (Å²) >= 11 is 0. The fourth-order valence-corrected chi connectivity index (χ4v) is 2.51. The number of ether oxygens (including phenoxy) is 2. The van der Waals surface area contributed by atoms with Gasteiger partial charge in [0.15, 0.2) is 18.1 Å². The van der Waals surface area contributed by atoms with Crippen molar-refractivity contribution in [2.24, 2.45) is 0 Å². The summed E-state index contributed by atoms with van der Waals surface area (Å²) < 4.78 is 10.9. The van der Waals surface area contributed by atoms with Gasteiger partial charge >= 0.3 is 0 Å². The van der Waals surface area contributed by atoms with Crippen molar-refractivity contribution in [2.45, 2.75) is 38.2 Å². The molecule has 5 nitrogen and oxygen atoms in total. The number of rotatable bonds is 7. The Balaban J connectivity index is 1.78. The van der Waals surface area contributed by atoms with Gasteiger partial charge < -0.3 is 19.9 Å². The molecule has 0 saturated heterocycles. The molecule has 0 aromatic heterocycles. The lowest BCUT2D eigenvalue weighted by Gasteiger charge is -2.22. The lowest BCUT2D eigenvalue weighted by atomic mass is 10.0. The van der Waals surface area contributed by atoms with Gasteiger partial charge in [0.25, 0.3) is 5.91 Å². The van der Waals surface area contributed by atoms with E-state index in [2.05, 4.69) is 5.32 Å². The number of nitrogens with one attached hydrogen (secondary N) is 1. The van der Waals surface area contributed by atoms with Crippen LogP contribution >= 0.6 is 0 Å². The Labute approximate surface area is 125 Å². The Morgan fingerprint density at radius 2 is 1.86 bits per heavy atom. The Morgan fingerprint density at radius 3 is 2.48 bits per heavy atom. The molecule has 0 heterocycles. The van der Waals surface area contributed by atoms with Gasteiger partial charge in [0.05, 0.1) is 12.2 Å². The maximum Gasteiger partial charge on any atom is 0.258 e. The Kier molecular flexibility index (Phi) is 5.44. The first kappa shape index (κ1) is 15.6. The Morgan fingerprint density at radius 1 is 1.24 bits per heavy atom. The van der Waals surface area contributed by atoms with E-state index in [4.69, 9.17) is 9.47 Å². The summed E-state index contributed by atoms with van der Waals surface area (Å²) in [5.74, 6) is 0.943. The molecule has 1 aromatic carbocycles. The van der Waals surface area contributed by atoms with Crippen LogP contribution in [0.15, 0.2) is 24.3 Å². The minimum absolute atomic E-state index is 0.0832. The summed E-state index contributed by atoms with van der Waals surface area (Å²) in [4.78, 5) is 11.8. The predicted molar refractivity (Wildman–Crippen MR) is 79.5 cm³/mol. The highest BCUT2D eigenvalue weighted by Gasteiger charge is 2.31. The zero-order chi connectivity index (χ0) is 15.1. The molecular weight excluding hydrogens is 270 g/mol. The van der Waals surface area contributed by atoms with E-state index in [0.717, 1.165) is 25.7 Å². The van der Waals surface area contributed by atoms with E-state index >= 15 is 0 Å². The van der Waals surface area contributed by atoms with Crippen molar-refractivity contribution >= 4 is 5.91 Å². The quantitative estimate of drug-likeness (QED) is 0.805. The first-order chi connectivity index (χ1) is 10.1. The molecule has 1 fully saturated rings. The van der Waals surface area contributed by atoms with Crippen LogP contribution in [0, 0.1) is 0 Å². The predicted octanol–water partition coefficient (Wildman–Crippen LogP) is 1.89. The molecule has 2 N–H and O–H groups in total. The number of carbonyl (C=O) groups excluding carboxylic acids is 1. The third kappa shape index (κ3) is 4.63. The van der Waals surface area contributed by atoms with E-state index in [1.807, 2.05) is 19.1 Å². The van der Waals surface area contributed by atoms with Gasteiger partial charge in [-0.05, 0) is 31.9 Å². The van der Waals surface area contributed by atoms with Crippen molar-refractivity contribution in [3.8, 4) is 11.5 Å². The maximum atomic E-state index is 11.8. The molecule has 0 bridgehead atoms. The van der Waals surface area contributed by atoms with E-state index in [-0.39, 0.29) is 12.5 Å². The zero-order valence-corrected chi connectivity index (χ0v) is 12.4. The Hall–Kier alpha value is -1.75. The van der Waals surface area contributed by atoms with Crippen LogP contribution < -0.4 is 14.8 Å². The Bertz CT molecular complexity index is 469. The van der Waals surface area contributed by atoms with Crippen molar-refractivity contribution in [3.63, 3.8) is 0 Å². The summed E-state index contributed by atoms with van der Waals surface area (Å²) in [6, 6.07) is 7.26. The third-order valence-electron chi connectivity index (χ3n) is 3.66. The van der Waals surface area contributed by atoms with E-state index in [9.17, 15) is 9.90 Å². The van der Waals surface area contributed by atoms with E-state index in [0.29, 0.717) is 24.7 Å². The van der Waals surface area contributed by atoms with E-state index < -0.39 is 5.60 Å². The van der Waals surface area contributed by atoms with Crippen molar-refractivity contribution in [1.82, 2.24) is 5.32 Å². The molecule has 21 heavy (non-hydrogen) atoms. The molecule has 1 saturated carbocycles. The van der Waals surface area contributed by atoms with Gasteiger partial charge in [-0.25, -0.2) is 0 Å².